The maximum Gasteiger partial charge on any atom is 0.244 e. The number of hydrogen-bond acceptors (Lipinski definition) is 12. The van der Waals surface area contributed by atoms with E-state index in [-0.39, 0.29) is 74.7 Å². The van der Waals surface area contributed by atoms with Crippen LogP contribution in [0.2, 0.25) is 0 Å². The van der Waals surface area contributed by atoms with Gasteiger partial charge in [0.15, 0.2) is 11.9 Å². The Hall–Kier alpha value is -6.23. The normalized spacial score (nSPS) is 16.2. The van der Waals surface area contributed by atoms with E-state index in [9.17, 15) is 38.7 Å². The lowest BCUT2D eigenvalue weighted by molar-refractivity contribution is -0.141. The molecule has 1 aliphatic rings. The van der Waals surface area contributed by atoms with Crippen LogP contribution in [-0.2, 0) is 40.0 Å². The van der Waals surface area contributed by atoms with Crippen LogP contribution in [0, 0.1) is 5.92 Å². The van der Waals surface area contributed by atoms with E-state index < -0.39 is 77.7 Å². The number of guanidine groups is 2. The standard InChI is InChI=1S/C42H73N15O8/c1-5-9-28(35(60)55-31(22-25-14-16-26(58)17-15-25)37(62)56-32(23-43)38(63)52-27(34(44)59)18-13-24(2)3)53-36(61)29(10-6-19-50-41(45)46)54-39(64)33-12-8-21-57(33)40(65)30(49-4)11-7-20-51-42(47)48/h14-17,24,27-33,49,58H,5-13,18-23,43H2,1-4H3,(H2,44,59)(H,52,63)(H,53,61)(H,54,64)(H,55,60)(H,56,62)(H4,45,46,50)(H4,47,48,51)/t27-,28-,29-,30-,31-,32-,33-/m0/s1. The average molecular weight is 916 g/mol. The molecule has 1 aromatic carbocycles. The lowest BCUT2D eigenvalue weighted by Gasteiger charge is -2.30. The molecular weight excluding hydrogens is 843 g/mol. The van der Waals surface area contributed by atoms with Crippen LogP contribution in [0.1, 0.15) is 90.5 Å². The quantitative estimate of drug-likeness (QED) is 0.0213. The Kier molecular flexibility index (Phi) is 24.1. The van der Waals surface area contributed by atoms with Crippen molar-refractivity contribution in [1.82, 2.24) is 36.8 Å². The van der Waals surface area contributed by atoms with Crippen LogP contribution in [0.4, 0.5) is 0 Å². The Morgan fingerprint density at radius 3 is 1.72 bits per heavy atom. The molecule has 23 nitrogen and oxygen atoms in total. The van der Waals surface area contributed by atoms with Gasteiger partial charge in [0.2, 0.25) is 41.4 Å². The van der Waals surface area contributed by atoms with Crippen molar-refractivity contribution in [2.45, 2.75) is 134 Å². The van der Waals surface area contributed by atoms with E-state index in [1.54, 1.807) is 26.1 Å². The van der Waals surface area contributed by atoms with Crippen molar-refractivity contribution in [2.24, 2.45) is 50.3 Å². The fraction of sp³-hybridized carbons (Fsp3) is 0.643. The van der Waals surface area contributed by atoms with Crippen LogP contribution >= 0.6 is 0 Å². The van der Waals surface area contributed by atoms with Crippen LogP contribution in [-0.4, -0.2) is 139 Å². The fourth-order valence-electron chi connectivity index (χ4n) is 7.18. The second-order valence-electron chi connectivity index (χ2n) is 16.5. The lowest BCUT2D eigenvalue weighted by atomic mass is 10.0. The van der Waals surface area contributed by atoms with Crippen LogP contribution in [0.5, 0.6) is 5.75 Å². The van der Waals surface area contributed by atoms with Gasteiger partial charge in [-0.1, -0.05) is 39.3 Å². The predicted octanol–water partition coefficient (Wildman–Crippen LogP) is -3.27. The number of rotatable bonds is 29. The van der Waals surface area contributed by atoms with E-state index in [1.165, 1.54) is 17.0 Å². The van der Waals surface area contributed by atoms with Crippen LogP contribution < -0.4 is 66.3 Å². The molecule has 0 saturated carbocycles. The zero-order valence-electron chi connectivity index (χ0n) is 38.1. The van der Waals surface area contributed by atoms with Crippen molar-refractivity contribution in [3.05, 3.63) is 29.8 Å². The number of aliphatic imine (C=N–C) groups is 2. The Labute approximate surface area is 380 Å². The summed E-state index contributed by atoms with van der Waals surface area (Å²) in [6, 6.07) is -1.62. The first-order chi connectivity index (χ1) is 30.8. The molecule has 7 atom stereocenters. The number of nitrogens with one attached hydrogen (secondary N) is 6. The second kappa shape index (κ2) is 28.5. The van der Waals surface area contributed by atoms with Gasteiger partial charge in [-0.2, -0.15) is 0 Å². The minimum Gasteiger partial charge on any atom is -0.508 e. The summed E-state index contributed by atoms with van der Waals surface area (Å²) < 4.78 is 0. The Morgan fingerprint density at radius 2 is 1.20 bits per heavy atom. The van der Waals surface area contributed by atoms with Gasteiger partial charge < -0.3 is 76.3 Å². The van der Waals surface area contributed by atoms with Crippen molar-refractivity contribution >= 4 is 53.3 Å². The van der Waals surface area contributed by atoms with E-state index in [4.69, 9.17) is 34.4 Å². The van der Waals surface area contributed by atoms with E-state index in [2.05, 4.69) is 41.9 Å². The molecular formula is C42H73N15O8. The minimum absolute atomic E-state index is 0.0313. The van der Waals surface area contributed by atoms with Crippen LogP contribution in [0.15, 0.2) is 34.3 Å². The smallest absolute Gasteiger partial charge is 0.244 e. The highest BCUT2D eigenvalue weighted by molar-refractivity contribution is 5.97. The van der Waals surface area contributed by atoms with Gasteiger partial charge in [-0.15, -0.1) is 0 Å². The van der Waals surface area contributed by atoms with E-state index in [1.807, 2.05) is 13.8 Å². The highest BCUT2D eigenvalue weighted by atomic mass is 16.3. The number of phenolic OH excluding ortho intramolecular Hbond substituents is 1. The molecule has 0 bridgehead atoms. The average Bonchev–Trinajstić information content (AvgIpc) is 3.75. The van der Waals surface area contributed by atoms with Gasteiger partial charge >= 0.3 is 0 Å². The third-order valence-corrected chi connectivity index (χ3v) is 10.8. The summed E-state index contributed by atoms with van der Waals surface area (Å²) in [7, 11) is 1.64. The number of aromatic hydroxyl groups is 1. The molecule has 364 valence electrons. The first-order valence-corrected chi connectivity index (χ1v) is 22.2. The number of likely N-dealkylation sites (N-methyl/N-ethyl adjacent to an activating group) is 1. The molecule has 19 N–H and O–H groups in total. The summed E-state index contributed by atoms with van der Waals surface area (Å²) in [5.74, 6) is -4.62. The number of likely N-dealkylation sites (tertiary alicyclic amines) is 1. The van der Waals surface area contributed by atoms with Crippen molar-refractivity contribution in [3.63, 3.8) is 0 Å². The molecule has 0 aromatic heterocycles. The Bertz CT molecular complexity index is 1790. The summed E-state index contributed by atoms with van der Waals surface area (Å²) >= 11 is 0. The number of carbonyl (C=O) groups excluding carboxylic acids is 7. The molecule has 0 radical (unpaired) electrons. The van der Waals surface area contributed by atoms with Gasteiger partial charge in [-0.25, -0.2) is 0 Å². The van der Waals surface area contributed by atoms with Gasteiger partial charge in [0.05, 0.1) is 6.04 Å². The number of amides is 7. The molecule has 23 heteroatoms. The molecule has 1 aliphatic heterocycles. The van der Waals surface area contributed by atoms with Gasteiger partial charge in [0.1, 0.15) is 42.0 Å². The molecule has 0 aliphatic carbocycles. The topological polar surface area (TPSA) is 396 Å². The minimum atomic E-state index is -1.33. The third kappa shape index (κ3) is 19.6. The predicted molar refractivity (Wildman–Crippen MR) is 246 cm³/mol. The lowest BCUT2D eigenvalue weighted by Crippen LogP contribution is -2.61. The molecule has 2 rings (SSSR count). The molecule has 0 unspecified atom stereocenters. The third-order valence-electron chi connectivity index (χ3n) is 10.8. The summed E-state index contributed by atoms with van der Waals surface area (Å²) in [6.45, 7) is 6.12. The summed E-state index contributed by atoms with van der Waals surface area (Å²) in [5.41, 5.74) is 33.8. The molecule has 1 saturated heterocycles. The molecule has 7 amide bonds. The van der Waals surface area contributed by atoms with Crippen LogP contribution in [0.25, 0.3) is 0 Å². The summed E-state index contributed by atoms with van der Waals surface area (Å²) in [4.78, 5) is 105. The molecule has 65 heavy (non-hydrogen) atoms. The largest absolute Gasteiger partial charge is 0.508 e. The van der Waals surface area contributed by atoms with E-state index in [0.29, 0.717) is 57.2 Å². The highest BCUT2D eigenvalue weighted by Crippen LogP contribution is 2.21. The van der Waals surface area contributed by atoms with Crippen LogP contribution in [0.3, 0.4) is 0 Å². The maximum atomic E-state index is 14.1. The van der Waals surface area contributed by atoms with E-state index >= 15 is 0 Å². The summed E-state index contributed by atoms with van der Waals surface area (Å²) in [6.07, 6.45) is 3.44. The number of benzene rings is 1. The number of nitrogens with two attached hydrogens (primary N) is 6. The maximum absolute atomic E-state index is 14.1. The number of primary amides is 1. The second-order valence-corrected chi connectivity index (χ2v) is 16.5. The molecule has 1 fully saturated rings. The first-order valence-electron chi connectivity index (χ1n) is 22.2. The van der Waals surface area contributed by atoms with Crippen molar-refractivity contribution in [2.75, 3.05) is 33.2 Å². The Balaban J connectivity index is 2.34. The monoisotopic (exact) mass is 916 g/mol. The molecule has 1 heterocycles. The van der Waals surface area contributed by atoms with Gasteiger partial charge in [0, 0.05) is 32.6 Å². The SMILES string of the molecule is CCC[C@H](NC(=O)[C@H](CCCN=C(N)N)NC(=O)[C@@H]1CCCN1C(=O)[C@H](CCCN=C(N)N)NC)C(=O)N[C@@H](Cc1ccc(O)cc1)C(=O)N[C@@H](CN)C(=O)N[C@@H](CCC(C)C)C(N)=O. The zero-order valence-corrected chi connectivity index (χ0v) is 38.1. The highest BCUT2D eigenvalue weighted by Gasteiger charge is 2.39. The number of carbonyl (C=O) groups is 7. The molecule has 1 aromatic rings. The number of phenols is 1. The number of nitrogens with zero attached hydrogens (tertiary/aromatic N) is 3. The van der Waals surface area contributed by atoms with Gasteiger partial charge in [-0.3, -0.25) is 43.5 Å². The number of hydrogen-bond donors (Lipinski definition) is 13. The van der Waals surface area contributed by atoms with Crippen molar-refractivity contribution < 1.29 is 38.7 Å². The van der Waals surface area contributed by atoms with E-state index in [0.717, 1.165) is 0 Å². The van der Waals surface area contributed by atoms with Crippen molar-refractivity contribution in [3.8, 4) is 5.75 Å². The summed E-state index contributed by atoms with van der Waals surface area (Å²) in [5, 5.41) is 26.2. The fourth-order valence-corrected chi connectivity index (χ4v) is 7.18. The van der Waals surface area contributed by atoms with Gasteiger partial charge in [0.25, 0.3) is 0 Å². The van der Waals surface area contributed by atoms with Gasteiger partial charge in [-0.05, 0) is 88.4 Å². The first kappa shape index (κ1) is 54.9. The zero-order chi connectivity index (χ0) is 48.6. The van der Waals surface area contributed by atoms with Crippen molar-refractivity contribution in [1.29, 1.82) is 0 Å². The molecule has 0 spiro atoms. The Morgan fingerprint density at radius 1 is 0.692 bits per heavy atom.